The normalized spacial score (nSPS) is 14.6. The fraction of sp³-hybridized carbons (Fsp3) is 0.810. The molecule has 2 atom stereocenters. The van der Waals surface area contributed by atoms with E-state index in [2.05, 4.69) is 26.8 Å². The molecule has 0 saturated heterocycles. The molecule has 146 valence electrons. The van der Waals surface area contributed by atoms with Crippen LogP contribution in [0.3, 0.4) is 0 Å². The van der Waals surface area contributed by atoms with Crippen LogP contribution in [0.15, 0.2) is 23.0 Å². The van der Waals surface area contributed by atoms with E-state index in [1.54, 1.807) is 6.26 Å². The standard InChI is InChI=1S/C9H13O3.3C4H9.Sn/c1-3-11-8(2)12-7-9-4-5-10-6-9;3*1-3-4-2;/h4-8H,3H2,1-2H3;3*1,3-4H2,2H3;. The number of hydrogen-bond donors (Lipinski definition) is 0. The Morgan fingerprint density at radius 1 is 0.960 bits per heavy atom. The van der Waals surface area contributed by atoms with Crippen molar-refractivity contribution in [1.82, 2.24) is 0 Å². The molecule has 0 N–H and O–H groups in total. The van der Waals surface area contributed by atoms with Crippen molar-refractivity contribution in [2.75, 3.05) is 6.61 Å². The first-order chi connectivity index (χ1) is 12.1. The van der Waals surface area contributed by atoms with Crippen molar-refractivity contribution < 1.29 is 13.9 Å². The fourth-order valence-corrected chi connectivity index (χ4v) is 21.1. The van der Waals surface area contributed by atoms with Crippen LogP contribution in [-0.2, 0) is 9.47 Å². The van der Waals surface area contributed by atoms with E-state index < -0.39 is 18.4 Å². The van der Waals surface area contributed by atoms with Gasteiger partial charge in [-0.3, -0.25) is 0 Å². The molecule has 0 bridgehead atoms. The zero-order chi connectivity index (χ0) is 18.5. The van der Waals surface area contributed by atoms with Crippen LogP contribution in [0.25, 0.3) is 0 Å². The average Bonchev–Trinajstić information content (AvgIpc) is 3.14. The number of unbranched alkanes of at least 4 members (excludes halogenated alkanes) is 3. The second-order valence-corrected chi connectivity index (χ2v) is 20.8. The molecule has 0 radical (unpaired) electrons. The Morgan fingerprint density at radius 2 is 1.52 bits per heavy atom. The Kier molecular flexibility index (Phi) is 12.2. The molecule has 25 heavy (non-hydrogen) atoms. The number of hydrogen-bond acceptors (Lipinski definition) is 3. The van der Waals surface area contributed by atoms with E-state index in [-0.39, 0.29) is 10.4 Å². The molecule has 0 aliphatic carbocycles. The Morgan fingerprint density at radius 3 is 1.92 bits per heavy atom. The van der Waals surface area contributed by atoms with Crippen LogP contribution < -0.4 is 0 Å². The van der Waals surface area contributed by atoms with Gasteiger partial charge < -0.3 is 0 Å². The van der Waals surface area contributed by atoms with Gasteiger partial charge in [0.1, 0.15) is 0 Å². The average molecular weight is 459 g/mol. The molecule has 4 heteroatoms. The first kappa shape index (κ1) is 23.0. The van der Waals surface area contributed by atoms with Crippen molar-refractivity contribution >= 4 is 18.4 Å². The third-order valence-electron chi connectivity index (χ3n) is 5.22. The van der Waals surface area contributed by atoms with Crippen LogP contribution in [0.2, 0.25) is 13.3 Å². The van der Waals surface area contributed by atoms with Crippen LogP contribution in [0.5, 0.6) is 0 Å². The predicted octanol–water partition coefficient (Wildman–Crippen LogP) is 7.11. The van der Waals surface area contributed by atoms with E-state index >= 15 is 0 Å². The molecule has 0 saturated carbocycles. The summed E-state index contributed by atoms with van der Waals surface area (Å²) >= 11 is -2.57. The molecular weight excluding hydrogens is 419 g/mol. The van der Waals surface area contributed by atoms with Gasteiger partial charge in [0.05, 0.1) is 0 Å². The summed E-state index contributed by atoms with van der Waals surface area (Å²) in [5.74, 6) is 0. The van der Waals surface area contributed by atoms with Crippen molar-refractivity contribution in [2.45, 2.75) is 96.9 Å². The molecule has 0 aliphatic rings. The van der Waals surface area contributed by atoms with E-state index in [1.807, 2.05) is 20.1 Å². The molecule has 2 unspecified atom stereocenters. The van der Waals surface area contributed by atoms with Crippen molar-refractivity contribution in [2.24, 2.45) is 0 Å². The predicted molar refractivity (Wildman–Crippen MR) is 109 cm³/mol. The van der Waals surface area contributed by atoms with Gasteiger partial charge in [-0.05, 0) is 0 Å². The molecule has 0 fully saturated rings. The summed E-state index contributed by atoms with van der Waals surface area (Å²) in [6, 6.07) is 2.12. The maximum absolute atomic E-state index is 6.60. The molecule has 3 nitrogen and oxygen atoms in total. The third kappa shape index (κ3) is 7.64. The Balaban J connectivity index is 3.16. The summed E-state index contributed by atoms with van der Waals surface area (Å²) in [5, 5.41) is 0. The van der Waals surface area contributed by atoms with Crippen molar-refractivity contribution in [3.63, 3.8) is 0 Å². The zero-order valence-corrected chi connectivity index (χ0v) is 20.0. The van der Waals surface area contributed by atoms with Gasteiger partial charge in [0.25, 0.3) is 0 Å². The molecule has 0 aliphatic heterocycles. The number of ether oxygens (including phenoxy) is 2. The minimum absolute atomic E-state index is 0.147. The zero-order valence-electron chi connectivity index (χ0n) is 17.2. The summed E-state index contributed by atoms with van der Waals surface area (Å²) in [6.45, 7) is 11.7. The van der Waals surface area contributed by atoms with Gasteiger partial charge in [-0.15, -0.1) is 0 Å². The molecule has 1 aromatic heterocycles. The van der Waals surface area contributed by atoms with Crippen LogP contribution in [0, 0.1) is 0 Å². The van der Waals surface area contributed by atoms with Gasteiger partial charge in [-0.25, -0.2) is 0 Å². The molecule has 0 spiro atoms. The second kappa shape index (κ2) is 13.2. The number of rotatable bonds is 15. The maximum atomic E-state index is 6.60. The van der Waals surface area contributed by atoms with E-state index in [0.717, 1.165) is 0 Å². The SMILES string of the molecule is CCC[CH2][Sn]([CH2]CCC)([CH2]CCC)[CH](OC(C)OCC)c1ccoc1. The van der Waals surface area contributed by atoms with Gasteiger partial charge in [0.2, 0.25) is 0 Å². The monoisotopic (exact) mass is 460 g/mol. The summed E-state index contributed by atoms with van der Waals surface area (Å²) in [7, 11) is 0. The van der Waals surface area contributed by atoms with Gasteiger partial charge in [0, 0.05) is 0 Å². The quantitative estimate of drug-likeness (QED) is 0.207. The summed E-state index contributed by atoms with van der Waals surface area (Å²) in [6.07, 6.45) is 11.4. The topological polar surface area (TPSA) is 31.6 Å². The molecule has 0 aromatic carbocycles. The van der Waals surface area contributed by atoms with Gasteiger partial charge in [0.15, 0.2) is 0 Å². The molecule has 0 amide bonds. The summed E-state index contributed by atoms with van der Waals surface area (Å²) in [5.41, 5.74) is 1.26. The van der Waals surface area contributed by atoms with E-state index in [4.69, 9.17) is 13.9 Å². The van der Waals surface area contributed by atoms with Crippen molar-refractivity contribution in [1.29, 1.82) is 0 Å². The van der Waals surface area contributed by atoms with Gasteiger partial charge in [-0.2, -0.15) is 0 Å². The Bertz CT molecular complexity index is 397. The Hall–Kier alpha value is -0.00130. The second-order valence-electron chi connectivity index (χ2n) is 7.27. The van der Waals surface area contributed by atoms with Crippen LogP contribution in [-0.4, -0.2) is 31.3 Å². The first-order valence-corrected chi connectivity index (χ1v) is 18.1. The van der Waals surface area contributed by atoms with Gasteiger partial charge >= 0.3 is 160 Å². The van der Waals surface area contributed by atoms with E-state index in [0.29, 0.717) is 6.61 Å². The molecule has 1 rings (SSSR count). The number of furan rings is 1. The fourth-order valence-electron chi connectivity index (χ4n) is 3.82. The summed E-state index contributed by atoms with van der Waals surface area (Å²) in [4.78, 5) is 0. The van der Waals surface area contributed by atoms with Crippen LogP contribution in [0.4, 0.5) is 0 Å². The third-order valence-corrected chi connectivity index (χ3v) is 21.3. The molecule has 1 aromatic rings. The van der Waals surface area contributed by atoms with Crippen molar-refractivity contribution in [3.05, 3.63) is 24.2 Å². The van der Waals surface area contributed by atoms with Crippen LogP contribution >= 0.6 is 0 Å². The van der Waals surface area contributed by atoms with Gasteiger partial charge in [-0.1, -0.05) is 0 Å². The van der Waals surface area contributed by atoms with E-state index in [1.165, 1.54) is 57.4 Å². The van der Waals surface area contributed by atoms with Crippen molar-refractivity contribution in [3.8, 4) is 0 Å². The minimum atomic E-state index is -2.57. The molecule has 1 heterocycles. The van der Waals surface area contributed by atoms with E-state index in [9.17, 15) is 0 Å². The van der Waals surface area contributed by atoms with Crippen LogP contribution in [0.1, 0.15) is 82.8 Å². The Labute approximate surface area is 159 Å². The first-order valence-electron chi connectivity index (χ1n) is 10.4. The summed E-state index contributed by atoms with van der Waals surface area (Å²) < 4.78 is 22.3. The molecular formula is C21H40O3Sn.